The second kappa shape index (κ2) is 5.75. The standard InChI is InChI=1S/C15H13ClF3N/c1-10(11-5-7-13(16)8-6-11)20-14-4-2-3-12(9-14)15(17,18)19/h2-10,20H,1H3. The summed E-state index contributed by atoms with van der Waals surface area (Å²) in [7, 11) is 0. The summed E-state index contributed by atoms with van der Waals surface area (Å²) in [6, 6.07) is 12.2. The summed E-state index contributed by atoms with van der Waals surface area (Å²) in [6.45, 7) is 1.88. The second-order valence-corrected chi connectivity index (χ2v) is 4.93. The normalized spacial score (nSPS) is 13.1. The monoisotopic (exact) mass is 299 g/mol. The van der Waals surface area contributed by atoms with Crippen molar-refractivity contribution in [1.82, 2.24) is 0 Å². The number of rotatable bonds is 3. The zero-order valence-corrected chi connectivity index (χ0v) is 11.5. The van der Waals surface area contributed by atoms with Gasteiger partial charge in [0.1, 0.15) is 0 Å². The molecule has 0 aliphatic carbocycles. The van der Waals surface area contributed by atoms with Gasteiger partial charge in [-0.3, -0.25) is 0 Å². The average Bonchev–Trinajstić information content (AvgIpc) is 2.38. The third-order valence-electron chi connectivity index (χ3n) is 2.94. The average molecular weight is 300 g/mol. The molecule has 1 atom stereocenters. The lowest BCUT2D eigenvalue weighted by Gasteiger charge is -2.17. The quantitative estimate of drug-likeness (QED) is 0.785. The van der Waals surface area contributed by atoms with Crippen molar-refractivity contribution in [3.05, 3.63) is 64.7 Å². The zero-order valence-electron chi connectivity index (χ0n) is 10.7. The molecule has 1 nitrogen and oxygen atoms in total. The molecule has 2 aromatic carbocycles. The maximum absolute atomic E-state index is 12.6. The first kappa shape index (κ1) is 14.7. The molecule has 2 rings (SSSR count). The summed E-state index contributed by atoms with van der Waals surface area (Å²) in [4.78, 5) is 0. The van der Waals surface area contributed by atoms with Crippen LogP contribution in [0.3, 0.4) is 0 Å². The number of alkyl halides is 3. The highest BCUT2D eigenvalue weighted by atomic mass is 35.5. The summed E-state index contributed by atoms with van der Waals surface area (Å²) < 4.78 is 37.9. The maximum atomic E-state index is 12.6. The molecule has 106 valence electrons. The van der Waals surface area contributed by atoms with Gasteiger partial charge in [-0.1, -0.05) is 29.8 Å². The van der Waals surface area contributed by atoms with E-state index in [4.69, 9.17) is 11.6 Å². The van der Waals surface area contributed by atoms with Crippen LogP contribution in [0.5, 0.6) is 0 Å². The van der Waals surface area contributed by atoms with Crippen molar-refractivity contribution in [2.75, 3.05) is 5.32 Å². The Balaban J connectivity index is 2.15. The summed E-state index contributed by atoms with van der Waals surface area (Å²) in [5.74, 6) is 0. The molecule has 0 fully saturated rings. The molecule has 0 amide bonds. The van der Waals surface area contributed by atoms with Gasteiger partial charge in [-0.05, 0) is 42.8 Å². The highest BCUT2D eigenvalue weighted by Gasteiger charge is 2.30. The summed E-state index contributed by atoms with van der Waals surface area (Å²) in [5, 5.41) is 3.67. The van der Waals surface area contributed by atoms with E-state index in [0.29, 0.717) is 10.7 Å². The second-order valence-electron chi connectivity index (χ2n) is 4.50. The molecule has 0 aromatic heterocycles. The van der Waals surface area contributed by atoms with Crippen molar-refractivity contribution in [2.24, 2.45) is 0 Å². The van der Waals surface area contributed by atoms with Crippen LogP contribution in [0.1, 0.15) is 24.1 Å². The van der Waals surface area contributed by atoms with Gasteiger partial charge in [0.05, 0.1) is 5.56 Å². The Hall–Kier alpha value is -1.68. The number of halogens is 4. The van der Waals surface area contributed by atoms with Crippen molar-refractivity contribution in [1.29, 1.82) is 0 Å². The Bertz CT molecular complexity index is 578. The molecule has 2 aromatic rings. The predicted octanol–water partition coefficient (Wildman–Crippen LogP) is 5.53. The van der Waals surface area contributed by atoms with Crippen LogP contribution in [0.4, 0.5) is 18.9 Å². The van der Waals surface area contributed by atoms with E-state index in [1.54, 1.807) is 18.2 Å². The van der Waals surface area contributed by atoms with Crippen LogP contribution in [0, 0.1) is 0 Å². The van der Waals surface area contributed by atoms with E-state index in [-0.39, 0.29) is 6.04 Å². The highest BCUT2D eigenvalue weighted by molar-refractivity contribution is 6.30. The third-order valence-corrected chi connectivity index (χ3v) is 3.20. The first-order valence-electron chi connectivity index (χ1n) is 6.05. The van der Waals surface area contributed by atoms with Gasteiger partial charge >= 0.3 is 6.18 Å². The van der Waals surface area contributed by atoms with Gasteiger partial charge in [-0.2, -0.15) is 13.2 Å². The fraction of sp³-hybridized carbons (Fsp3) is 0.200. The molecule has 5 heteroatoms. The number of nitrogens with one attached hydrogen (secondary N) is 1. The minimum Gasteiger partial charge on any atom is -0.379 e. The van der Waals surface area contributed by atoms with Gasteiger partial charge in [-0.15, -0.1) is 0 Å². The van der Waals surface area contributed by atoms with E-state index >= 15 is 0 Å². The van der Waals surface area contributed by atoms with Crippen LogP contribution in [0.25, 0.3) is 0 Å². The van der Waals surface area contributed by atoms with Crippen molar-refractivity contribution in [3.63, 3.8) is 0 Å². The molecule has 0 saturated carbocycles. The first-order chi connectivity index (χ1) is 9.36. The molecule has 0 spiro atoms. The largest absolute Gasteiger partial charge is 0.416 e. The molecule has 1 unspecified atom stereocenters. The van der Waals surface area contributed by atoms with Crippen molar-refractivity contribution < 1.29 is 13.2 Å². The third kappa shape index (κ3) is 3.67. The van der Waals surface area contributed by atoms with E-state index in [0.717, 1.165) is 17.7 Å². The number of hydrogen-bond donors (Lipinski definition) is 1. The van der Waals surface area contributed by atoms with Gasteiger partial charge in [0, 0.05) is 16.8 Å². The number of hydrogen-bond acceptors (Lipinski definition) is 1. The molecular weight excluding hydrogens is 287 g/mol. The highest BCUT2D eigenvalue weighted by Crippen LogP contribution is 2.31. The van der Waals surface area contributed by atoms with Crippen LogP contribution in [0.2, 0.25) is 5.02 Å². The van der Waals surface area contributed by atoms with Crippen molar-refractivity contribution in [3.8, 4) is 0 Å². The van der Waals surface area contributed by atoms with E-state index < -0.39 is 11.7 Å². The number of anilines is 1. The summed E-state index contributed by atoms with van der Waals surface area (Å²) in [6.07, 6.45) is -4.33. The molecule has 0 bridgehead atoms. The molecule has 0 radical (unpaired) electrons. The van der Waals surface area contributed by atoms with Crippen LogP contribution in [0.15, 0.2) is 48.5 Å². The van der Waals surface area contributed by atoms with Crippen LogP contribution in [-0.4, -0.2) is 0 Å². The molecule has 0 aliphatic heterocycles. The SMILES string of the molecule is CC(Nc1cccc(C(F)(F)F)c1)c1ccc(Cl)cc1. The van der Waals surface area contributed by atoms with E-state index in [2.05, 4.69) is 5.32 Å². The lowest BCUT2D eigenvalue weighted by Crippen LogP contribution is -2.09. The Kier molecular flexibility index (Phi) is 4.23. The summed E-state index contributed by atoms with van der Waals surface area (Å²) in [5.41, 5.74) is 0.722. The molecule has 1 N–H and O–H groups in total. The van der Waals surface area contributed by atoms with Crippen LogP contribution >= 0.6 is 11.6 Å². The van der Waals surface area contributed by atoms with Crippen LogP contribution in [-0.2, 0) is 6.18 Å². The molecule has 0 saturated heterocycles. The van der Waals surface area contributed by atoms with Gasteiger partial charge in [0.15, 0.2) is 0 Å². The molecule has 0 heterocycles. The van der Waals surface area contributed by atoms with Crippen molar-refractivity contribution in [2.45, 2.75) is 19.1 Å². The van der Waals surface area contributed by atoms with E-state index in [1.165, 1.54) is 6.07 Å². The van der Waals surface area contributed by atoms with Gasteiger partial charge < -0.3 is 5.32 Å². The fourth-order valence-electron chi connectivity index (χ4n) is 1.87. The molecule has 0 aliphatic rings. The number of benzene rings is 2. The zero-order chi connectivity index (χ0) is 14.8. The minimum atomic E-state index is -4.33. The van der Waals surface area contributed by atoms with Crippen molar-refractivity contribution >= 4 is 17.3 Å². The molecule has 20 heavy (non-hydrogen) atoms. The van der Waals surface area contributed by atoms with Gasteiger partial charge in [0.25, 0.3) is 0 Å². The van der Waals surface area contributed by atoms with E-state index in [1.807, 2.05) is 19.1 Å². The predicted molar refractivity (Wildman–Crippen MR) is 74.9 cm³/mol. The van der Waals surface area contributed by atoms with Gasteiger partial charge in [0.2, 0.25) is 0 Å². The maximum Gasteiger partial charge on any atom is 0.416 e. The minimum absolute atomic E-state index is 0.115. The summed E-state index contributed by atoms with van der Waals surface area (Å²) >= 11 is 5.80. The topological polar surface area (TPSA) is 12.0 Å². The van der Waals surface area contributed by atoms with E-state index in [9.17, 15) is 13.2 Å². The Labute approximate surface area is 120 Å². The Morgan fingerprint density at radius 1 is 1.05 bits per heavy atom. The van der Waals surface area contributed by atoms with Crippen LogP contribution < -0.4 is 5.32 Å². The fourth-order valence-corrected chi connectivity index (χ4v) is 2.00. The lowest BCUT2D eigenvalue weighted by atomic mass is 10.1. The Morgan fingerprint density at radius 3 is 2.30 bits per heavy atom. The first-order valence-corrected chi connectivity index (χ1v) is 6.43. The lowest BCUT2D eigenvalue weighted by molar-refractivity contribution is -0.137. The van der Waals surface area contributed by atoms with Gasteiger partial charge in [-0.25, -0.2) is 0 Å². The smallest absolute Gasteiger partial charge is 0.379 e. The molecular formula is C15H13ClF3N. The Morgan fingerprint density at radius 2 is 1.70 bits per heavy atom.